The standard InChI is InChI=1S/C23H26ClN3O3/c1-22(2,3)27(14-16-8-6-5-7-9-16)19(28)15-26-20(29)23(4,25-21(26)30)17-10-12-18(24)13-11-17/h5-13H,14-15H2,1-4H3,(H,25,30). The number of nitrogens with one attached hydrogen (secondary N) is 1. The topological polar surface area (TPSA) is 69.7 Å². The lowest BCUT2D eigenvalue weighted by atomic mass is 9.92. The SMILES string of the molecule is CC1(c2ccc(Cl)cc2)NC(=O)N(CC(=O)N(Cc2ccccc2)C(C)(C)C)C1=O. The summed E-state index contributed by atoms with van der Waals surface area (Å²) in [4.78, 5) is 41.6. The first-order valence-corrected chi connectivity index (χ1v) is 10.1. The summed E-state index contributed by atoms with van der Waals surface area (Å²) in [5.74, 6) is -0.757. The van der Waals surface area contributed by atoms with Crippen LogP contribution in [0.5, 0.6) is 0 Å². The van der Waals surface area contributed by atoms with Gasteiger partial charge in [0.25, 0.3) is 5.91 Å². The highest BCUT2D eigenvalue weighted by molar-refractivity contribution is 6.30. The number of rotatable bonds is 5. The van der Waals surface area contributed by atoms with Crippen molar-refractivity contribution in [2.75, 3.05) is 6.54 Å². The van der Waals surface area contributed by atoms with Crippen LogP contribution in [0.3, 0.4) is 0 Å². The number of carbonyl (C=O) groups is 3. The van der Waals surface area contributed by atoms with Crippen molar-refractivity contribution in [2.24, 2.45) is 0 Å². The van der Waals surface area contributed by atoms with Gasteiger partial charge in [0.05, 0.1) is 0 Å². The van der Waals surface area contributed by atoms with Crippen molar-refractivity contribution in [3.63, 3.8) is 0 Å². The number of hydrogen-bond donors (Lipinski definition) is 1. The van der Waals surface area contributed by atoms with Crippen LogP contribution in [-0.4, -0.2) is 39.7 Å². The van der Waals surface area contributed by atoms with Gasteiger partial charge in [-0.25, -0.2) is 4.79 Å². The average Bonchev–Trinajstić information content (AvgIpc) is 2.90. The van der Waals surface area contributed by atoms with Gasteiger partial charge in [-0.1, -0.05) is 54.1 Å². The van der Waals surface area contributed by atoms with Crippen LogP contribution in [0, 0.1) is 0 Å². The van der Waals surface area contributed by atoms with Gasteiger partial charge < -0.3 is 10.2 Å². The summed E-state index contributed by atoms with van der Waals surface area (Å²) >= 11 is 5.94. The minimum Gasteiger partial charge on any atom is -0.332 e. The zero-order chi connectivity index (χ0) is 22.1. The summed E-state index contributed by atoms with van der Waals surface area (Å²) in [7, 11) is 0. The Hall–Kier alpha value is -2.86. The van der Waals surface area contributed by atoms with Gasteiger partial charge in [0.15, 0.2) is 0 Å². The molecule has 158 valence electrons. The fraction of sp³-hybridized carbons (Fsp3) is 0.348. The molecule has 2 aromatic rings. The van der Waals surface area contributed by atoms with E-state index in [1.165, 1.54) is 0 Å². The summed E-state index contributed by atoms with van der Waals surface area (Å²) in [6.45, 7) is 7.48. The molecule has 1 unspecified atom stereocenters. The molecule has 1 atom stereocenters. The number of halogens is 1. The lowest BCUT2D eigenvalue weighted by molar-refractivity contribution is -0.142. The van der Waals surface area contributed by atoms with Crippen molar-refractivity contribution in [1.29, 1.82) is 0 Å². The predicted molar refractivity (Wildman–Crippen MR) is 116 cm³/mol. The minimum atomic E-state index is -1.24. The van der Waals surface area contributed by atoms with Crippen molar-refractivity contribution >= 4 is 29.4 Å². The molecule has 0 radical (unpaired) electrons. The zero-order valence-corrected chi connectivity index (χ0v) is 18.4. The monoisotopic (exact) mass is 427 g/mol. The molecular weight excluding hydrogens is 402 g/mol. The minimum absolute atomic E-state index is 0.296. The Morgan fingerprint density at radius 2 is 1.67 bits per heavy atom. The highest BCUT2D eigenvalue weighted by atomic mass is 35.5. The van der Waals surface area contributed by atoms with Crippen LogP contribution >= 0.6 is 11.6 Å². The van der Waals surface area contributed by atoms with E-state index in [0.717, 1.165) is 10.5 Å². The van der Waals surface area contributed by atoms with Gasteiger partial charge in [0.2, 0.25) is 5.91 Å². The molecule has 0 spiro atoms. The summed E-state index contributed by atoms with van der Waals surface area (Å²) in [6, 6.07) is 15.8. The normalized spacial score (nSPS) is 19.0. The molecule has 1 fully saturated rings. The molecule has 1 aliphatic rings. The molecule has 1 heterocycles. The maximum Gasteiger partial charge on any atom is 0.325 e. The maximum atomic E-state index is 13.2. The predicted octanol–water partition coefficient (Wildman–Crippen LogP) is 3.93. The Labute approximate surface area is 181 Å². The molecule has 7 heteroatoms. The number of imide groups is 1. The van der Waals surface area contributed by atoms with Gasteiger partial charge in [0.1, 0.15) is 12.1 Å². The Morgan fingerprint density at radius 1 is 1.07 bits per heavy atom. The quantitative estimate of drug-likeness (QED) is 0.735. The number of hydrogen-bond acceptors (Lipinski definition) is 3. The van der Waals surface area contributed by atoms with E-state index in [1.54, 1.807) is 36.1 Å². The molecular formula is C23H26ClN3O3. The first-order chi connectivity index (χ1) is 14.0. The van der Waals surface area contributed by atoms with Crippen LogP contribution in [0.1, 0.15) is 38.8 Å². The Balaban J connectivity index is 1.81. The number of urea groups is 1. The van der Waals surface area contributed by atoms with Gasteiger partial charge in [-0.3, -0.25) is 14.5 Å². The smallest absolute Gasteiger partial charge is 0.325 e. The van der Waals surface area contributed by atoms with Gasteiger partial charge in [-0.2, -0.15) is 0 Å². The number of nitrogens with zero attached hydrogens (tertiary/aromatic N) is 2. The van der Waals surface area contributed by atoms with E-state index < -0.39 is 23.0 Å². The van der Waals surface area contributed by atoms with E-state index >= 15 is 0 Å². The molecule has 1 saturated heterocycles. The van der Waals surface area contributed by atoms with Crippen LogP contribution in [0.4, 0.5) is 4.79 Å². The summed E-state index contributed by atoms with van der Waals surface area (Å²) in [5, 5.41) is 3.26. The van der Waals surface area contributed by atoms with Crippen molar-refractivity contribution in [3.05, 3.63) is 70.7 Å². The first kappa shape index (κ1) is 21.8. The first-order valence-electron chi connectivity index (χ1n) is 9.77. The van der Waals surface area contributed by atoms with E-state index in [-0.39, 0.29) is 12.5 Å². The molecule has 0 aromatic heterocycles. The van der Waals surface area contributed by atoms with Crippen LogP contribution in [0.25, 0.3) is 0 Å². The van der Waals surface area contributed by atoms with E-state index in [2.05, 4.69) is 5.32 Å². The van der Waals surface area contributed by atoms with Crippen molar-refractivity contribution in [1.82, 2.24) is 15.1 Å². The van der Waals surface area contributed by atoms with E-state index in [1.807, 2.05) is 51.1 Å². The highest BCUT2D eigenvalue weighted by Gasteiger charge is 2.50. The lowest BCUT2D eigenvalue weighted by Crippen LogP contribution is -2.50. The summed E-state index contributed by atoms with van der Waals surface area (Å²) in [5.41, 5.74) is -0.138. The molecule has 1 aliphatic heterocycles. The van der Waals surface area contributed by atoms with Crippen LogP contribution in [0.2, 0.25) is 5.02 Å². The Morgan fingerprint density at radius 3 is 2.23 bits per heavy atom. The van der Waals surface area contributed by atoms with Crippen LogP contribution in [0.15, 0.2) is 54.6 Å². The molecule has 0 saturated carbocycles. The third-order valence-corrected chi connectivity index (χ3v) is 5.54. The van der Waals surface area contributed by atoms with E-state index in [4.69, 9.17) is 11.6 Å². The molecule has 6 nitrogen and oxygen atoms in total. The molecule has 3 rings (SSSR count). The van der Waals surface area contributed by atoms with Crippen molar-refractivity contribution in [2.45, 2.75) is 45.3 Å². The number of benzene rings is 2. The number of carbonyl (C=O) groups excluding carboxylic acids is 3. The summed E-state index contributed by atoms with van der Waals surface area (Å²) in [6.07, 6.45) is 0. The molecule has 0 aliphatic carbocycles. The highest BCUT2D eigenvalue weighted by Crippen LogP contribution is 2.30. The summed E-state index contributed by atoms with van der Waals surface area (Å²) < 4.78 is 0. The molecule has 1 N–H and O–H groups in total. The maximum absolute atomic E-state index is 13.2. The van der Waals surface area contributed by atoms with Crippen molar-refractivity contribution < 1.29 is 14.4 Å². The van der Waals surface area contributed by atoms with Crippen molar-refractivity contribution in [3.8, 4) is 0 Å². The molecule has 2 aromatic carbocycles. The Kier molecular flexibility index (Phi) is 5.90. The van der Waals surface area contributed by atoms with Gasteiger partial charge >= 0.3 is 6.03 Å². The second-order valence-corrected chi connectivity index (χ2v) is 9.03. The van der Waals surface area contributed by atoms with Gasteiger partial charge in [0, 0.05) is 17.1 Å². The van der Waals surface area contributed by atoms with Crippen LogP contribution < -0.4 is 5.32 Å². The second-order valence-electron chi connectivity index (χ2n) is 8.59. The fourth-order valence-electron chi connectivity index (χ4n) is 3.51. The molecule has 4 amide bonds. The molecule has 30 heavy (non-hydrogen) atoms. The van der Waals surface area contributed by atoms with Gasteiger partial charge in [-0.15, -0.1) is 0 Å². The third-order valence-electron chi connectivity index (χ3n) is 5.28. The van der Waals surface area contributed by atoms with E-state index in [0.29, 0.717) is 17.1 Å². The third kappa shape index (κ3) is 4.33. The number of amides is 4. The van der Waals surface area contributed by atoms with Gasteiger partial charge in [-0.05, 0) is 51.0 Å². The largest absolute Gasteiger partial charge is 0.332 e. The van der Waals surface area contributed by atoms with E-state index in [9.17, 15) is 14.4 Å². The average molecular weight is 428 g/mol. The Bertz CT molecular complexity index is 954. The lowest BCUT2D eigenvalue weighted by Gasteiger charge is -2.36. The second kappa shape index (κ2) is 8.11. The fourth-order valence-corrected chi connectivity index (χ4v) is 3.63. The zero-order valence-electron chi connectivity index (χ0n) is 17.6. The van der Waals surface area contributed by atoms with Crippen LogP contribution in [-0.2, 0) is 21.7 Å². The molecule has 0 bridgehead atoms.